The standard InChI is InChI=1S/C27H37N3O3.C8H10.C4H10/c1-5-7-10-23(20-12-13-25(32-3)26(18-20)33-4)30-19-22-21(27(30)31)9-8-11-24(22)29-16-14-28(6-2)15-17-29;1-2-8-6-4-3-5-7-8;1-4(2)3/h8-9,11-13,18,23H,5-7,10,14-17,19H2,1-4H3;3-7H,2H2,1H3;4H,1-3H3/t23-;;/m1../s1. The van der Waals surface area contributed by atoms with Gasteiger partial charge in [-0.05, 0) is 60.7 Å². The number of hydrogen-bond donors (Lipinski definition) is 0. The highest BCUT2D eigenvalue weighted by Crippen LogP contribution is 2.40. The van der Waals surface area contributed by atoms with E-state index in [0.717, 1.165) is 75.5 Å². The number of anilines is 1. The Hall–Kier alpha value is -3.51. The van der Waals surface area contributed by atoms with Crippen LogP contribution >= 0.6 is 0 Å². The molecule has 0 unspecified atom stereocenters. The minimum atomic E-state index is 0.00875. The van der Waals surface area contributed by atoms with Crippen LogP contribution in [0.4, 0.5) is 5.69 Å². The van der Waals surface area contributed by atoms with Crippen molar-refractivity contribution in [3.05, 3.63) is 89.0 Å². The lowest BCUT2D eigenvalue weighted by atomic mass is 9.99. The zero-order valence-electron chi connectivity index (χ0n) is 29.1. The van der Waals surface area contributed by atoms with Crippen molar-refractivity contribution in [2.75, 3.05) is 51.8 Å². The predicted octanol–water partition coefficient (Wildman–Crippen LogP) is 8.64. The fraction of sp³-hybridized carbons (Fsp3) is 0.513. The first-order valence-corrected chi connectivity index (χ1v) is 16.9. The fourth-order valence-corrected chi connectivity index (χ4v) is 5.86. The maximum absolute atomic E-state index is 13.6. The van der Waals surface area contributed by atoms with Crippen LogP contribution < -0.4 is 14.4 Å². The number of unbranched alkanes of at least 4 members (excludes halogenated alkanes) is 1. The van der Waals surface area contributed by atoms with Gasteiger partial charge in [-0.1, -0.05) is 96.8 Å². The molecule has 2 aliphatic rings. The number of nitrogens with zero attached hydrogens (tertiary/aromatic N) is 3. The van der Waals surface area contributed by atoms with E-state index in [1.165, 1.54) is 16.8 Å². The highest BCUT2D eigenvalue weighted by atomic mass is 16.5. The number of benzene rings is 3. The van der Waals surface area contributed by atoms with Gasteiger partial charge in [0.1, 0.15) is 0 Å². The number of carbonyl (C=O) groups is 1. The van der Waals surface area contributed by atoms with Crippen molar-refractivity contribution >= 4 is 11.6 Å². The predicted molar refractivity (Wildman–Crippen MR) is 189 cm³/mol. The third-order valence-corrected chi connectivity index (χ3v) is 8.38. The summed E-state index contributed by atoms with van der Waals surface area (Å²) in [5, 5.41) is 0. The first-order valence-electron chi connectivity index (χ1n) is 16.9. The van der Waals surface area contributed by atoms with Crippen LogP contribution in [0.2, 0.25) is 0 Å². The Morgan fingerprint density at radius 3 is 2.02 bits per heavy atom. The average Bonchev–Trinajstić information content (AvgIpc) is 3.41. The van der Waals surface area contributed by atoms with Crippen molar-refractivity contribution in [3.8, 4) is 11.5 Å². The van der Waals surface area contributed by atoms with E-state index in [9.17, 15) is 4.79 Å². The molecular weight excluding hydrogens is 558 g/mol. The summed E-state index contributed by atoms with van der Waals surface area (Å²) in [5.41, 5.74) is 5.76. The quantitative estimate of drug-likeness (QED) is 0.228. The summed E-state index contributed by atoms with van der Waals surface area (Å²) in [7, 11) is 3.30. The van der Waals surface area contributed by atoms with Gasteiger partial charge in [0, 0.05) is 49.5 Å². The molecule has 0 spiro atoms. The van der Waals surface area contributed by atoms with Crippen LogP contribution in [0.5, 0.6) is 11.5 Å². The normalized spacial score (nSPS) is 15.1. The molecule has 0 radical (unpaired) electrons. The molecule has 1 saturated heterocycles. The average molecular weight is 616 g/mol. The summed E-state index contributed by atoms with van der Waals surface area (Å²) in [6.45, 7) is 19.0. The van der Waals surface area contributed by atoms with E-state index >= 15 is 0 Å². The van der Waals surface area contributed by atoms with Crippen LogP contribution in [0.3, 0.4) is 0 Å². The molecule has 0 aromatic heterocycles. The molecule has 0 aliphatic carbocycles. The van der Waals surface area contributed by atoms with Crippen LogP contribution in [-0.2, 0) is 13.0 Å². The molecular formula is C39H57N3O3. The Balaban J connectivity index is 0.000000387. The molecule has 0 bridgehead atoms. The molecule has 1 fully saturated rings. The molecule has 3 aromatic rings. The molecule has 1 amide bonds. The Morgan fingerprint density at radius 1 is 0.800 bits per heavy atom. The third kappa shape index (κ3) is 9.99. The lowest BCUT2D eigenvalue weighted by Gasteiger charge is -2.36. The Morgan fingerprint density at radius 2 is 1.47 bits per heavy atom. The Bertz CT molecular complexity index is 1300. The van der Waals surface area contributed by atoms with Crippen LogP contribution in [-0.4, -0.2) is 62.7 Å². The number of hydrogen-bond acceptors (Lipinski definition) is 5. The van der Waals surface area contributed by atoms with Gasteiger partial charge in [0.2, 0.25) is 0 Å². The van der Waals surface area contributed by atoms with Gasteiger partial charge in [0.05, 0.1) is 20.3 Å². The van der Waals surface area contributed by atoms with Gasteiger partial charge in [-0.25, -0.2) is 0 Å². The number of rotatable bonds is 10. The van der Waals surface area contributed by atoms with Gasteiger partial charge in [0.25, 0.3) is 5.91 Å². The summed E-state index contributed by atoms with van der Waals surface area (Å²) in [5.74, 6) is 2.38. The largest absolute Gasteiger partial charge is 0.493 e. The van der Waals surface area contributed by atoms with Crippen molar-refractivity contribution in [2.24, 2.45) is 5.92 Å². The lowest BCUT2D eigenvalue weighted by molar-refractivity contribution is 0.0688. The number of piperazine rings is 1. The molecule has 6 nitrogen and oxygen atoms in total. The molecule has 5 rings (SSSR count). The van der Waals surface area contributed by atoms with Crippen LogP contribution in [0.15, 0.2) is 66.7 Å². The van der Waals surface area contributed by atoms with Crippen LogP contribution in [0, 0.1) is 5.92 Å². The van der Waals surface area contributed by atoms with E-state index < -0.39 is 0 Å². The van der Waals surface area contributed by atoms with E-state index in [1.807, 2.05) is 30.3 Å². The number of likely N-dealkylation sites (N-methyl/N-ethyl adjacent to an activating group) is 1. The van der Waals surface area contributed by atoms with Crippen molar-refractivity contribution in [1.29, 1.82) is 0 Å². The highest BCUT2D eigenvalue weighted by molar-refractivity contribution is 6.00. The smallest absolute Gasteiger partial charge is 0.255 e. The molecule has 2 aliphatic heterocycles. The Labute approximate surface area is 273 Å². The summed E-state index contributed by atoms with van der Waals surface area (Å²) in [6, 6.07) is 22.7. The van der Waals surface area contributed by atoms with E-state index in [4.69, 9.17) is 9.47 Å². The first kappa shape index (κ1) is 36.0. The van der Waals surface area contributed by atoms with Crippen LogP contribution in [0.25, 0.3) is 0 Å². The van der Waals surface area contributed by atoms with E-state index in [-0.39, 0.29) is 11.9 Å². The fourth-order valence-electron chi connectivity index (χ4n) is 5.86. The monoisotopic (exact) mass is 615 g/mol. The second-order valence-electron chi connectivity index (χ2n) is 12.5. The minimum absolute atomic E-state index is 0.00875. The van der Waals surface area contributed by atoms with Crippen LogP contribution in [0.1, 0.15) is 93.9 Å². The number of carbonyl (C=O) groups excluding carboxylic acids is 1. The van der Waals surface area contributed by atoms with E-state index in [2.05, 4.69) is 92.6 Å². The first-order chi connectivity index (χ1) is 21.8. The number of fused-ring (bicyclic) bond motifs is 1. The molecule has 1 atom stereocenters. The van der Waals surface area contributed by atoms with E-state index in [1.54, 1.807) is 14.2 Å². The van der Waals surface area contributed by atoms with Crippen molar-refractivity contribution in [3.63, 3.8) is 0 Å². The third-order valence-electron chi connectivity index (χ3n) is 8.38. The lowest BCUT2D eigenvalue weighted by Crippen LogP contribution is -2.46. The number of amides is 1. The van der Waals surface area contributed by atoms with Crippen molar-refractivity contribution in [2.45, 2.75) is 79.8 Å². The summed E-state index contributed by atoms with van der Waals surface area (Å²) in [4.78, 5) is 20.6. The summed E-state index contributed by atoms with van der Waals surface area (Å²) < 4.78 is 11.0. The number of aryl methyl sites for hydroxylation is 1. The molecule has 246 valence electrons. The molecule has 2 heterocycles. The van der Waals surface area contributed by atoms with Crippen molar-refractivity contribution < 1.29 is 14.3 Å². The SMILES string of the molecule is CC(C)C.CCCC[C@H](c1ccc(OC)c(OC)c1)N1Cc2c(cccc2N2CCN(CC)CC2)C1=O.CCc1ccccc1. The van der Waals surface area contributed by atoms with Gasteiger partial charge >= 0.3 is 0 Å². The zero-order valence-corrected chi connectivity index (χ0v) is 29.1. The van der Waals surface area contributed by atoms with Gasteiger partial charge in [-0.3, -0.25) is 4.79 Å². The molecule has 0 N–H and O–H groups in total. The molecule has 3 aromatic carbocycles. The van der Waals surface area contributed by atoms with Gasteiger partial charge < -0.3 is 24.2 Å². The van der Waals surface area contributed by atoms with Gasteiger partial charge in [-0.2, -0.15) is 0 Å². The molecule has 45 heavy (non-hydrogen) atoms. The Kier molecular flexibility index (Phi) is 14.8. The summed E-state index contributed by atoms with van der Waals surface area (Å²) >= 11 is 0. The van der Waals surface area contributed by atoms with Gasteiger partial charge in [-0.15, -0.1) is 0 Å². The zero-order chi connectivity index (χ0) is 32.8. The molecule has 6 heteroatoms. The van der Waals surface area contributed by atoms with E-state index in [0.29, 0.717) is 18.0 Å². The second-order valence-corrected chi connectivity index (χ2v) is 12.5. The number of methoxy groups -OCH3 is 2. The van der Waals surface area contributed by atoms with Gasteiger partial charge in [0.15, 0.2) is 11.5 Å². The maximum atomic E-state index is 13.6. The minimum Gasteiger partial charge on any atom is -0.493 e. The topological polar surface area (TPSA) is 45.3 Å². The van der Waals surface area contributed by atoms with Crippen molar-refractivity contribution in [1.82, 2.24) is 9.80 Å². The summed E-state index contributed by atoms with van der Waals surface area (Å²) in [6.07, 6.45) is 4.22. The number of ether oxygens (including phenoxy) is 2. The second kappa shape index (κ2) is 18.5. The molecule has 0 saturated carbocycles. The highest BCUT2D eigenvalue weighted by Gasteiger charge is 2.36. The maximum Gasteiger partial charge on any atom is 0.255 e.